The van der Waals surface area contributed by atoms with E-state index >= 15 is 0 Å². The van der Waals surface area contributed by atoms with Gasteiger partial charge in [0.15, 0.2) is 11.6 Å². The molecule has 112 valence electrons. The number of hydrogen-bond acceptors (Lipinski definition) is 4. The summed E-state index contributed by atoms with van der Waals surface area (Å²) in [5.41, 5.74) is -0.739. The van der Waals surface area contributed by atoms with Gasteiger partial charge in [-0.3, -0.25) is 9.59 Å². The Balaban J connectivity index is 2.80. The summed E-state index contributed by atoms with van der Waals surface area (Å²) in [7, 11) is 1.24. The van der Waals surface area contributed by atoms with Crippen molar-refractivity contribution in [3.05, 3.63) is 36.0 Å². The van der Waals surface area contributed by atoms with Crippen molar-refractivity contribution in [2.45, 2.75) is 33.1 Å². The number of carbonyl (C=O) groups excluding carboxylic acids is 3. The van der Waals surface area contributed by atoms with Gasteiger partial charge < -0.3 is 4.74 Å². The van der Waals surface area contributed by atoms with Crippen molar-refractivity contribution >= 4 is 17.5 Å². The zero-order valence-corrected chi connectivity index (χ0v) is 12.7. The average molecular weight is 288 g/mol. The first-order chi connectivity index (χ1) is 9.74. The third kappa shape index (κ3) is 1.85. The van der Waals surface area contributed by atoms with Crippen LogP contribution in [0.1, 0.15) is 33.1 Å². The molecular weight excluding hydrogens is 268 g/mol. The highest BCUT2D eigenvalue weighted by Crippen LogP contribution is 2.56. The van der Waals surface area contributed by atoms with Gasteiger partial charge in [-0.05, 0) is 38.7 Å². The summed E-state index contributed by atoms with van der Waals surface area (Å²) in [5, 5.41) is 0. The molecule has 0 amide bonds. The maximum absolute atomic E-state index is 13.0. The van der Waals surface area contributed by atoms with Gasteiger partial charge in [-0.1, -0.05) is 18.2 Å². The van der Waals surface area contributed by atoms with Crippen LogP contribution in [0, 0.1) is 10.8 Å². The molecule has 0 N–H and O–H groups in total. The Morgan fingerprint density at radius 3 is 2.52 bits per heavy atom. The number of ketones is 2. The van der Waals surface area contributed by atoms with Crippen LogP contribution in [0.5, 0.6) is 0 Å². The van der Waals surface area contributed by atoms with E-state index < -0.39 is 22.6 Å². The quantitative estimate of drug-likeness (QED) is 0.346. The van der Waals surface area contributed by atoms with Crippen LogP contribution in [0.2, 0.25) is 0 Å². The molecule has 2 bridgehead atoms. The lowest BCUT2D eigenvalue weighted by Crippen LogP contribution is -2.56. The zero-order valence-electron chi connectivity index (χ0n) is 12.7. The number of ether oxygens (including phenoxy) is 1. The first-order valence-corrected chi connectivity index (χ1v) is 6.91. The van der Waals surface area contributed by atoms with Crippen molar-refractivity contribution in [3.8, 4) is 0 Å². The average Bonchev–Trinajstić information content (AvgIpc) is 2.42. The lowest BCUT2D eigenvalue weighted by atomic mass is 9.50. The summed E-state index contributed by atoms with van der Waals surface area (Å²) in [6, 6.07) is 0. The molecule has 1 saturated carbocycles. The number of Topliss-reactive ketones (excluding diaryl/α,β-unsaturated/α-hetero) is 2. The molecule has 21 heavy (non-hydrogen) atoms. The van der Waals surface area contributed by atoms with Crippen LogP contribution < -0.4 is 0 Å². The fourth-order valence-electron chi connectivity index (χ4n) is 3.76. The van der Waals surface area contributed by atoms with Crippen LogP contribution in [0.25, 0.3) is 0 Å². The van der Waals surface area contributed by atoms with E-state index in [-0.39, 0.29) is 17.8 Å². The van der Waals surface area contributed by atoms with Gasteiger partial charge in [-0.2, -0.15) is 0 Å². The zero-order chi connectivity index (χ0) is 16.0. The summed E-state index contributed by atoms with van der Waals surface area (Å²) in [6.07, 6.45) is 2.79. The highest BCUT2D eigenvalue weighted by Gasteiger charge is 2.61. The second kappa shape index (κ2) is 4.79. The van der Waals surface area contributed by atoms with E-state index in [9.17, 15) is 14.4 Å². The van der Waals surface area contributed by atoms with E-state index in [0.717, 1.165) is 5.57 Å². The Hall–Kier alpha value is -1.97. The highest BCUT2D eigenvalue weighted by molar-refractivity contribution is 6.30. The second-order valence-electron chi connectivity index (χ2n) is 6.16. The molecule has 2 atom stereocenters. The molecule has 0 aromatic heterocycles. The summed E-state index contributed by atoms with van der Waals surface area (Å²) in [6.45, 7) is 11.0. The fourth-order valence-corrected chi connectivity index (χ4v) is 3.76. The van der Waals surface area contributed by atoms with Crippen molar-refractivity contribution in [1.29, 1.82) is 0 Å². The van der Waals surface area contributed by atoms with Crippen LogP contribution in [-0.2, 0) is 19.1 Å². The molecule has 2 rings (SSSR count). The maximum Gasteiger partial charge on any atom is 0.341 e. The molecule has 1 fully saturated rings. The fraction of sp³-hybridized carbons (Fsp3) is 0.471. The SMILES string of the molecule is C=CCC12CC(=C)CC(C)(C(=O)C(C(=O)OC)=C1C)C2=O. The van der Waals surface area contributed by atoms with E-state index in [2.05, 4.69) is 13.2 Å². The van der Waals surface area contributed by atoms with E-state index in [1.54, 1.807) is 19.9 Å². The molecule has 0 heterocycles. The van der Waals surface area contributed by atoms with E-state index in [1.165, 1.54) is 7.11 Å². The van der Waals surface area contributed by atoms with Crippen molar-refractivity contribution in [2.75, 3.05) is 7.11 Å². The molecule has 0 aliphatic heterocycles. The number of esters is 1. The Kier molecular flexibility index (Phi) is 3.52. The smallest absolute Gasteiger partial charge is 0.341 e. The first kappa shape index (κ1) is 15.4. The van der Waals surface area contributed by atoms with Gasteiger partial charge in [-0.25, -0.2) is 4.79 Å². The highest BCUT2D eigenvalue weighted by atomic mass is 16.5. The van der Waals surface area contributed by atoms with Crippen molar-refractivity contribution in [1.82, 2.24) is 0 Å². The lowest BCUT2D eigenvalue weighted by molar-refractivity contribution is -0.149. The standard InChI is InChI=1S/C17H20O4/c1-6-7-17-9-10(2)8-16(4,15(17)20)13(18)12(11(17)3)14(19)21-5/h6H,1-2,7-9H2,3-5H3. The molecule has 4 nitrogen and oxygen atoms in total. The number of rotatable bonds is 3. The Morgan fingerprint density at radius 1 is 1.38 bits per heavy atom. The van der Waals surface area contributed by atoms with E-state index in [4.69, 9.17) is 4.74 Å². The number of carbonyl (C=O) groups is 3. The van der Waals surface area contributed by atoms with Gasteiger partial charge >= 0.3 is 5.97 Å². The normalized spacial score (nSPS) is 32.2. The Morgan fingerprint density at radius 2 is 2.00 bits per heavy atom. The first-order valence-electron chi connectivity index (χ1n) is 6.91. The maximum atomic E-state index is 13.0. The van der Waals surface area contributed by atoms with Crippen molar-refractivity contribution in [3.63, 3.8) is 0 Å². The Labute approximate surface area is 124 Å². The molecule has 2 unspecified atom stereocenters. The van der Waals surface area contributed by atoms with Crippen LogP contribution >= 0.6 is 0 Å². The molecule has 2 aliphatic carbocycles. The third-order valence-corrected chi connectivity index (χ3v) is 4.79. The second-order valence-corrected chi connectivity index (χ2v) is 6.16. The van der Waals surface area contributed by atoms with E-state index in [1.807, 2.05) is 0 Å². The van der Waals surface area contributed by atoms with Gasteiger partial charge in [0.25, 0.3) is 0 Å². The molecule has 0 aromatic rings. The molecule has 0 spiro atoms. The summed E-state index contributed by atoms with van der Waals surface area (Å²) in [5.74, 6) is -1.24. The molecular formula is C17H20O4. The monoisotopic (exact) mass is 288 g/mol. The minimum atomic E-state index is -1.22. The predicted octanol–water partition coefficient (Wildman–Crippen LogP) is 2.55. The molecule has 2 aliphatic rings. The summed E-state index contributed by atoms with van der Waals surface area (Å²) in [4.78, 5) is 37.7. The molecule has 0 aromatic carbocycles. The number of hydrogen-bond donors (Lipinski definition) is 0. The predicted molar refractivity (Wildman–Crippen MR) is 78.5 cm³/mol. The van der Waals surface area contributed by atoms with Gasteiger partial charge in [0, 0.05) is 0 Å². The summed E-state index contributed by atoms with van der Waals surface area (Å²) >= 11 is 0. The van der Waals surface area contributed by atoms with Crippen LogP contribution in [-0.4, -0.2) is 24.6 Å². The van der Waals surface area contributed by atoms with Gasteiger partial charge in [-0.15, -0.1) is 6.58 Å². The van der Waals surface area contributed by atoms with Crippen LogP contribution in [0.15, 0.2) is 36.0 Å². The molecule has 0 saturated heterocycles. The molecule has 4 heteroatoms. The minimum Gasteiger partial charge on any atom is -0.465 e. The van der Waals surface area contributed by atoms with Gasteiger partial charge in [0.2, 0.25) is 0 Å². The lowest BCUT2D eigenvalue weighted by Gasteiger charge is -2.49. The van der Waals surface area contributed by atoms with Crippen LogP contribution in [0.4, 0.5) is 0 Å². The minimum absolute atomic E-state index is 0.0222. The Bertz CT molecular complexity index is 610. The number of methoxy groups -OCH3 is 1. The summed E-state index contributed by atoms with van der Waals surface area (Å²) < 4.78 is 4.75. The van der Waals surface area contributed by atoms with E-state index in [0.29, 0.717) is 18.4 Å². The largest absolute Gasteiger partial charge is 0.465 e. The van der Waals surface area contributed by atoms with Crippen LogP contribution in [0.3, 0.4) is 0 Å². The molecule has 0 radical (unpaired) electrons. The number of allylic oxidation sites excluding steroid dienone is 3. The van der Waals surface area contributed by atoms with Gasteiger partial charge in [0.1, 0.15) is 5.57 Å². The van der Waals surface area contributed by atoms with Gasteiger partial charge in [0.05, 0.1) is 17.9 Å². The number of fused-ring (bicyclic) bond motifs is 2. The van der Waals surface area contributed by atoms with Crippen molar-refractivity contribution < 1.29 is 19.1 Å². The third-order valence-electron chi connectivity index (χ3n) is 4.79. The topological polar surface area (TPSA) is 60.4 Å². The van der Waals surface area contributed by atoms with Crippen molar-refractivity contribution in [2.24, 2.45) is 10.8 Å².